The van der Waals surface area contributed by atoms with Gasteiger partial charge in [-0.1, -0.05) is 6.07 Å². The molecule has 2 amide bonds. The van der Waals surface area contributed by atoms with Crippen LogP contribution >= 0.6 is 0 Å². The number of benzene rings is 2. The van der Waals surface area contributed by atoms with Crippen LogP contribution in [-0.2, 0) is 4.79 Å². The van der Waals surface area contributed by atoms with Gasteiger partial charge in [0.1, 0.15) is 11.9 Å². The average Bonchev–Trinajstić information content (AvgIpc) is 2.87. The summed E-state index contributed by atoms with van der Waals surface area (Å²) in [6.45, 7) is 6.04. The van der Waals surface area contributed by atoms with Gasteiger partial charge in [-0.25, -0.2) is 0 Å². The van der Waals surface area contributed by atoms with E-state index in [-0.39, 0.29) is 17.5 Å². The summed E-state index contributed by atoms with van der Waals surface area (Å²) < 4.78 is 12.1. The molecule has 3 rings (SSSR count). The summed E-state index contributed by atoms with van der Waals surface area (Å²) in [7, 11) is 0. The highest BCUT2D eigenvalue weighted by atomic mass is 16.5. The maximum atomic E-state index is 13.3. The summed E-state index contributed by atoms with van der Waals surface area (Å²) >= 11 is 0. The number of hydrogen-bond donors (Lipinski definition) is 5. The van der Waals surface area contributed by atoms with Crippen molar-refractivity contribution in [3.05, 3.63) is 88.9 Å². The molecule has 0 saturated heterocycles. The summed E-state index contributed by atoms with van der Waals surface area (Å²) in [4.78, 5) is 25.7. The van der Waals surface area contributed by atoms with E-state index in [0.717, 1.165) is 0 Å². The number of carbonyl (C=O) groups excluding carboxylic acids is 2. The zero-order valence-corrected chi connectivity index (χ0v) is 20.8. The van der Waals surface area contributed by atoms with E-state index in [9.17, 15) is 14.8 Å². The molecule has 0 aliphatic rings. The molecule has 6 N–H and O–H groups in total. The van der Waals surface area contributed by atoms with Gasteiger partial charge in [0.25, 0.3) is 11.8 Å². The molecule has 3 aromatic rings. The SMILES string of the molecule is CCOc1cc(C(Nc2ccc(C(=N)N)cc2)C(=O)NNC(=O)c2cc[n+]([O-])cc2)ccc1OC(C)C. The van der Waals surface area contributed by atoms with E-state index in [1.165, 1.54) is 24.5 Å². The molecule has 0 aliphatic heterocycles. The Hall–Kier alpha value is -4.80. The number of nitrogens with zero attached hydrogens (tertiary/aromatic N) is 1. The molecule has 2 aromatic carbocycles. The van der Waals surface area contributed by atoms with E-state index < -0.39 is 17.9 Å². The van der Waals surface area contributed by atoms with Crippen molar-refractivity contribution >= 4 is 23.3 Å². The third-order valence-electron chi connectivity index (χ3n) is 5.10. The van der Waals surface area contributed by atoms with E-state index in [0.29, 0.717) is 39.7 Å². The second-order valence-corrected chi connectivity index (χ2v) is 8.26. The molecule has 37 heavy (non-hydrogen) atoms. The minimum atomic E-state index is -0.949. The predicted molar refractivity (Wildman–Crippen MR) is 138 cm³/mol. The second kappa shape index (κ2) is 12.2. The number of amidine groups is 1. The highest BCUT2D eigenvalue weighted by molar-refractivity contribution is 5.96. The van der Waals surface area contributed by atoms with Gasteiger partial charge < -0.3 is 25.7 Å². The van der Waals surface area contributed by atoms with Gasteiger partial charge >= 0.3 is 0 Å². The van der Waals surface area contributed by atoms with E-state index in [1.807, 2.05) is 20.8 Å². The smallest absolute Gasteiger partial charge is 0.270 e. The van der Waals surface area contributed by atoms with Crippen LogP contribution in [0.4, 0.5) is 5.69 Å². The number of carbonyl (C=O) groups is 2. The Balaban J connectivity index is 1.88. The molecule has 0 aliphatic carbocycles. The number of ether oxygens (including phenoxy) is 2. The molecular formula is C26H30N6O5. The predicted octanol–water partition coefficient (Wildman–Crippen LogP) is 2.40. The molecule has 11 heteroatoms. The van der Waals surface area contributed by atoms with Crippen LogP contribution in [0.2, 0.25) is 0 Å². The lowest BCUT2D eigenvalue weighted by atomic mass is 10.0. The van der Waals surface area contributed by atoms with Gasteiger partial charge in [-0.2, -0.15) is 4.73 Å². The van der Waals surface area contributed by atoms with Gasteiger partial charge in [0, 0.05) is 23.4 Å². The first-order chi connectivity index (χ1) is 17.7. The number of nitrogens with one attached hydrogen (secondary N) is 4. The third kappa shape index (κ3) is 7.34. The molecule has 0 radical (unpaired) electrons. The maximum absolute atomic E-state index is 13.3. The summed E-state index contributed by atoms with van der Waals surface area (Å²) in [5.74, 6) is -0.208. The lowest BCUT2D eigenvalue weighted by Gasteiger charge is -2.22. The van der Waals surface area contributed by atoms with Crippen molar-refractivity contribution in [2.45, 2.75) is 32.9 Å². The van der Waals surface area contributed by atoms with Crippen molar-refractivity contribution < 1.29 is 23.8 Å². The molecule has 1 heterocycles. The third-order valence-corrected chi connectivity index (χ3v) is 5.10. The molecule has 1 aromatic heterocycles. The van der Waals surface area contributed by atoms with E-state index in [1.54, 1.807) is 42.5 Å². The number of amides is 2. The van der Waals surface area contributed by atoms with Gasteiger partial charge in [0.15, 0.2) is 23.9 Å². The highest BCUT2D eigenvalue weighted by Crippen LogP contribution is 2.32. The zero-order valence-electron chi connectivity index (χ0n) is 20.8. The van der Waals surface area contributed by atoms with Crippen molar-refractivity contribution in [1.82, 2.24) is 10.9 Å². The van der Waals surface area contributed by atoms with Crippen molar-refractivity contribution in [3.8, 4) is 11.5 Å². The summed E-state index contributed by atoms with van der Waals surface area (Å²) in [6.07, 6.45) is 2.29. The monoisotopic (exact) mass is 506 g/mol. The number of nitrogens with two attached hydrogens (primary N) is 1. The Bertz CT molecular complexity index is 1250. The van der Waals surface area contributed by atoms with Gasteiger partial charge in [-0.15, -0.1) is 0 Å². The Morgan fingerprint density at radius 2 is 1.68 bits per heavy atom. The minimum absolute atomic E-state index is 0.0749. The van der Waals surface area contributed by atoms with Crippen LogP contribution in [0.25, 0.3) is 0 Å². The summed E-state index contributed by atoms with van der Waals surface area (Å²) in [5.41, 5.74) is 12.2. The summed E-state index contributed by atoms with van der Waals surface area (Å²) in [6, 6.07) is 13.6. The number of hydrogen-bond acceptors (Lipinski definition) is 7. The number of pyridine rings is 1. The molecule has 0 spiro atoms. The molecule has 194 valence electrons. The van der Waals surface area contributed by atoms with E-state index in [2.05, 4.69) is 16.2 Å². The Morgan fingerprint density at radius 3 is 2.27 bits per heavy atom. The first-order valence-corrected chi connectivity index (χ1v) is 11.6. The minimum Gasteiger partial charge on any atom is -0.619 e. The number of hydrazine groups is 1. The van der Waals surface area contributed by atoms with Crippen molar-refractivity contribution in [2.75, 3.05) is 11.9 Å². The maximum Gasteiger partial charge on any atom is 0.270 e. The molecule has 11 nitrogen and oxygen atoms in total. The van der Waals surface area contributed by atoms with Gasteiger partial charge in [0.05, 0.1) is 18.3 Å². The second-order valence-electron chi connectivity index (χ2n) is 8.26. The van der Waals surface area contributed by atoms with Crippen LogP contribution in [0.15, 0.2) is 67.0 Å². The topological polar surface area (TPSA) is 165 Å². The molecule has 1 unspecified atom stereocenters. The van der Waals surface area contributed by atoms with Crippen LogP contribution in [0.1, 0.15) is 48.3 Å². The first-order valence-electron chi connectivity index (χ1n) is 11.6. The molecule has 0 bridgehead atoms. The van der Waals surface area contributed by atoms with Gasteiger partial charge in [0.2, 0.25) is 0 Å². The van der Waals surface area contributed by atoms with E-state index in [4.69, 9.17) is 20.6 Å². The normalized spacial score (nSPS) is 11.4. The van der Waals surface area contributed by atoms with Gasteiger partial charge in [-0.05, 0) is 62.7 Å². The number of anilines is 1. The molecule has 0 fully saturated rings. The van der Waals surface area contributed by atoms with Crippen LogP contribution in [0.5, 0.6) is 11.5 Å². The number of aromatic nitrogens is 1. The van der Waals surface area contributed by atoms with Crippen molar-refractivity contribution in [2.24, 2.45) is 5.73 Å². The number of nitrogen functional groups attached to an aromatic ring is 1. The van der Waals surface area contributed by atoms with Crippen LogP contribution < -0.4 is 36.1 Å². The molecular weight excluding hydrogens is 476 g/mol. The standard InChI is InChI=1S/C26H30N6O5/c1-4-36-22-15-19(7-10-21(22)37-16(2)3)23(29-20-8-5-17(6-9-20)24(27)28)26(34)31-30-25(33)18-11-13-32(35)14-12-18/h5-16,23,29H,4H2,1-3H3,(H3,27,28)(H,30,33)(H,31,34). The van der Waals surface area contributed by atoms with Crippen molar-refractivity contribution in [3.63, 3.8) is 0 Å². The van der Waals surface area contributed by atoms with Crippen LogP contribution in [0.3, 0.4) is 0 Å². The lowest BCUT2D eigenvalue weighted by molar-refractivity contribution is -0.605. The molecule has 0 saturated carbocycles. The fraction of sp³-hybridized carbons (Fsp3) is 0.231. The fourth-order valence-electron chi connectivity index (χ4n) is 3.36. The molecule has 1 atom stereocenters. The quantitative estimate of drug-likeness (QED) is 0.0926. The summed E-state index contributed by atoms with van der Waals surface area (Å²) in [5, 5.41) is 21.9. The Morgan fingerprint density at radius 1 is 1.00 bits per heavy atom. The zero-order chi connectivity index (χ0) is 26.9. The Labute approximate surface area is 214 Å². The van der Waals surface area contributed by atoms with Crippen LogP contribution in [0, 0.1) is 10.6 Å². The van der Waals surface area contributed by atoms with Gasteiger partial charge in [-0.3, -0.25) is 25.8 Å². The fourth-order valence-corrected chi connectivity index (χ4v) is 3.36. The van der Waals surface area contributed by atoms with E-state index >= 15 is 0 Å². The Kier molecular flexibility index (Phi) is 8.87. The average molecular weight is 507 g/mol. The highest BCUT2D eigenvalue weighted by Gasteiger charge is 2.24. The number of rotatable bonds is 10. The van der Waals surface area contributed by atoms with Crippen molar-refractivity contribution in [1.29, 1.82) is 5.41 Å². The largest absolute Gasteiger partial charge is 0.619 e. The lowest BCUT2D eigenvalue weighted by Crippen LogP contribution is -2.45. The first kappa shape index (κ1) is 26.8. The van der Waals surface area contributed by atoms with Crippen LogP contribution in [-0.4, -0.2) is 30.4 Å².